The smallest absolute Gasteiger partial charge is 0.0788 e. The maximum absolute atomic E-state index is 2.43. The third-order valence-electron chi connectivity index (χ3n) is 7.89. The van der Waals surface area contributed by atoms with Crippen LogP contribution in [0.4, 0.5) is 17.1 Å². The first-order valence-corrected chi connectivity index (χ1v) is 14.0. The van der Waals surface area contributed by atoms with Crippen LogP contribution in [0.1, 0.15) is 0 Å². The first-order chi connectivity index (χ1) is 20.4. The van der Waals surface area contributed by atoms with Gasteiger partial charge < -0.3 is 14.0 Å². The first kappa shape index (κ1) is 23.4. The standard InChI is InChI=1S/C38H27N3/c1-4-13-29(14-5-1)39-26-25-28-23-24-35-34-21-10-11-22-36(34)41(38(35)37(28)39)33-20-12-19-32(27-33)40(30-15-6-2-7-16-30)31-17-8-3-9-18-31/h1-27H. The molecule has 0 saturated heterocycles. The monoisotopic (exact) mass is 525 g/mol. The van der Waals surface area contributed by atoms with E-state index in [1.807, 2.05) is 0 Å². The van der Waals surface area contributed by atoms with Gasteiger partial charge in [-0.1, -0.05) is 91.0 Å². The van der Waals surface area contributed by atoms with Crippen molar-refractivity contribution in [3.8, 4) is 11.4 Å². The SMILES string of the molecule is c1ccc(N(c2ccccc2)c2cccc(-n3c4ccccc4c4ccc5ccn(-c6ccccc6)c5c43)c2)cc1. The van der Waals surface area contributed by atoms with Crippen molar-refractivity contribution in [2.24, 2.45) is 0 Å². The third-order valence-corrected chi connectivity index (χ3v) is 7.89. The molecule has 0 saturated carbocycles. The van der Waals surface area contributed by atoms with E-state index in [0.29, 0.717) is 0 Å². The van der Waals surface area contributed by atoms with E-state index in [0.717, 1.165) is 28.4 Å². The van der Waals surface area contributed by atoms with E-state index in [1.165, 1.54) is 32.7 Å². The second-order valence-electron chi connectivity index (χ2n) is 10.3. The fourth-order valence-electron chi connectivity index (χ4n) is 6.12. The van der Waals surface area contributed by atoms with Crippen molar-refractivity contribution in [3.63, 3.8) is 0 Å². The number of rotatable bonds is 5. The van der Waals surface area contributed by atoms with E-state index in [-0.39, 0.29) is 0 Å². The Morgan fingerprint density at radius 3 is 1.76 bits per heavy atom. The average molecular weight is 526 g/mol. The number of benzene rings is 6. The molecule has 0 atom stereocenters. The van der Waals surface area contributed by atoms with Gasteiger partial charge in [0.05, 0.1) is 16.6 Å². The van der Waals surface area contributed by atoms with Crippen LogP contribution in [-0.4, -0.2) is 9.13 Å². The molecule has 2 aromatic heterocycles. The molecule has 0 aliphatic heterocycles. The van der Waals surface area contributed by atoms with Crippen molar-refractivity contribution in [1.29, 1.82) is 0 Å². The highest BCUT2D eigenvalue weighted by atomic mass is 15.1. The van der Waals surface area contributed by atoms with Crippen LogP contribution in [0, 0.1) is 0 Å². The van der Waals surface area contributed by atoms with E-state index < -0.39 is 0 Å². The molecular weight excluding hydrogens is 498 g/mol. The number of hydrogen-bond acceptors (Lipinski definition) is 1. The molecule has 8 rings (SSSR count). The van der Waals surface area contributed by atoms with Gasteiger partial charge in [0, 0.05) is 50.8 Å². The van der Waals surface area contributed by atoms with Crippen molar-refractivity contribution in [2.45, 2.75) is 0 Å². The van der Waals surface area contributed by atoms with Crippen LogP contribution < -0.4 is 4.90 Å². The molecule has 3 nitrogen and oxygen atoms in total. The maximum Gasteiger partial charge on any atom is 0.0788 e. The molecule has 0 unspecified atom stereocenters. The van der Waals surface area contributed by atoms with Gasteiger partial charge in [-0.05, 0) is 66.7 Å². The Morgan fingerprint density at radius 2 is 1.02 bits per heavy atom. The summed E-state index contributed by atoms with van der Waals surface area (Å²) in [7, 11) is 0. The predicted octanol–water partition coefficient (Wildman–Crippen LogP) is 10.2. The lowest BCUT2D eigenvalue weighted by Crippen LogP contribution is -2.10. The summed E-state index contributed by atoms with van der Waals surface area (Å²) < 4.78 is 4.75. The summed E-state index contributed by atoms with van der Waals surface area (Å²) in [5.74, 6) is 0. The fourth-order valence-corrected chi connectivity index (χ4v) is 6.12. The summed E-state index contributed by atoms with van der Waals surface area (Å²) in [5, 5.41) is 3.72. The minimum Gasteiger partial charge on any atom is -0.315 e. The summed E-state index contributed by atoms with van der Waals surface area (Å²) in [6.45, 7) is 0. The van der Waals surface area contributed by atoms with Crippen LogP contribution in [0.25, 0.3) is 44.1 Å². The average Bonchev–Trinajstić information content (AvgIpc) is 3.62. The van der Waals surface area contributed by atoms with Gasteiger partial charge in [-0.15, -0.1) is 0 Å². The molecule has 8 aromatic rings. The summed E-state index contributed by atoms with van der Waals surface area (Å²) >= 11 is 0. The number of para-hydroxylation sites is 4. The summed E-state index contributed by atoms with van der Waals surface area (Å²) in [6, 6.07) is 56.1. The molecular formula is C38H27N3. The zero-order valence-corrected chi connectivity index (χ0v) is 22.4. The molecule has 0 aliphatic rings. The second-order valence-corrected chi connectivity index (χ2v) is 10.3. The molecule has 0 spiro atoms. The van der Waals surface area contributed by atoms with E-state index in [9.17, 15) is 0 Å². The Hall–Kier alpha value is -5.54. The molecule has 0 radical (unpaired) electrons. The minimum atomic E-state index is 1.11. The molecule has 194 valence electrons. The van der Waals surface area contributed by atoms with E-state index in [1.54, 1.807) is 0 Å². The Bertz CT molecular complexity index is 2100. The molecule has 0 fully saturated rings. The molecule has 0 amide bonds. The van der Waals surface area contributed by atoms with Gasteiger partial charge in [-0.2, -0.15) is 0 Å². The number of anilines is 3. The Kier molecular flexibility index (Phi) is 5.46. The number of hydrogen-bond donors (Lipinski definition) is 0. The van der Waals surface area contributed by atoms with Gasteiger partial charge in [0.1, 0.15) is 0 Å². The van der Waals surface area contributed by atoms with Crippen LogP contribution in [-0.2, 0) is 0 Å². The lowest BCUT2D eigenvalue weighted by molar-refractivity contribution is 1.11. The Balaban J connectivity index is 1.43. The molecule has 0 aliphatic carbocycles. The maximum atomic E-state index is 2.43. The van der Waals surface area contributed by atoms with Gasteiger partial charge in [0.25, 0.3) is 0 Å². The molecule has 3 heteroatoms. The highest BCUT2D eigenvalue weighted by molar-refractivity contribution is 6.18. The topological polar surface area (TPSA) is 13.1 Å². The van der Waals surface area contributed by atoms with E-state index in [4.69, 9.17) is 0 Å². The third kappa shape index (κ3) is 3.82. The van der Waals surface area contributed by atoms with Gasteiger partial charge >= 0.3 is 0 Å². The molecule has 6 aromatic carbocycles. The number of nitrogens with zero attached hydrogens (tertiary/aromatic N) is 3. The van der Waals surface area contributed by atoms with Crippen LogP contribution in [0.5, 0.6) is 0 Å². The normalized spacial score (nSPS) is 11.4. The van der Waals surface area contributed by atoms with Crippen molar-refractivity contribution in [2.75, 3.05) is 4.90 Å². The predicted molar refractivity (Wildman–Crippen MR) is 172 cm³/mol. The minimum absolute atomic E-state index is 1.11. The van der Waals surface area contributed by atoms with Crippen molar-refractivity contribution in [1.82, 2.24) is 9.13 Å². The summed E-state index contributed by atoms with van der Waals surface area (Å²) in [4.78, 5) is 2.32. The Morgan fingerprint density at radius 1 is 0.415 bits per heavy atom. The Labute approximate surface area is 238 Å². The van der Waals surface area contributed by atoms with Gasteiger partial charge in [-0.3, -0.25) is 0 Å². The lowest BCUT2D eigenvalue weighted by Gasteiger charge is -2.26. The first-order valence-electron chi connectivity index (χ1n) is 14.0. The van der Waals surface area contributed by atoms with Crippen LogP contribution >= 0.6 is 0 Å². The second kappa shape index (κ2) is 9.58. The molecule has 0 N–H and O–H groups in total. The van der Waals surface area contributed by atoms with Crippen LogP contribution in [0.3, 0.4) is 0 Å². The highest BCUT2D eigenvalue weighted by Crippen LogP contribution is 2.40. The quantitative estimate of drug-likeness (QED) is 0.218. The number of fused-ring (bicyclic) bond motifs is 5. The fraction of sp³-hybridized carbons (Fsp3) is 0. The molecule has 0 bridgehead atoms. The largest absolute Gasteiger partial charge is 0.315 e. The zero-order valence-electron chi connectivity index (χ0n) is 22.4. The number of aromatic nitrogens is 2. The van der Waals surface area contributed by atoms with Crippen LogP contribution in [0.15, 0.2) is 164 Å². The van der Waals surface area contributed by atoms with Crippen LogP contribution in [0.2, 0.25) is 0 Å². The highest BCUT2D eigenvalue weighted by Gasteiger charge is 2.19. The van der Waals surface area contributed by atoms with E-state index in [2.05, 4.69) is 178 Å². The van der Waals surface area contributed by atoms with Gasteiger partial charge in [0.15, 0.2) is 0 Å². The van der Waals surface area contributed by atoms with Gasteiger partial charge in [0.2, 0.25) is 0 Å². The zero-order chi connectivity index (χ0) is 27.2. The summed E-state index contributed by atoms with van der Waals surface area (Å²) in [6.07, 6.45) is 2.18. The summed E-state index contributed by atoms with van der Waals surface area (Å²) in [5.41, 5.74) is 9.24. The van der Waals surface area contributed by atoms with Gasteiger partial charge in [-0.25, -0.2) is 0 Å². The van der Waals surface area contributed by atoms with E-state index >= 15 is 0 Å². The molecule has 41 heavy (non-hydrogen) atoms. The van der Waals surface area contributed by atoms with Crippen molar-refractivity contribution in [3.05, 3.63) is 164 Å². The lowest BCUT2D eigenvalue weighted by atomic mass is 10.1. The van der Waals surface area contributed by atoms with Crippen molar-refractivity contribution < 1.29 is 0 Å². The molecule has 2 heterocycles. The van der Waals surface area contributed by atoms with Crippen molar-refractivity contribution >= 4 is 49.8 Å².